The molecule has 0 spiro atoms. The number of halogens is 1. The zero-order valence-corrected chi connectivity index (χ0v) is 12.0. The number of pyridine rings is 1. The van der Waals surface area contributed by atoms with E-state index in [0.29, 0.717) is 11.7 Å². The van der Waals surface area contributed by atoms with Crippen molar-refractivity contribution in [1.29, 1.82) is 0 Å². The fraction of sp³-hybridized carbons (Fsp3) is 0.200. The number of rotatable bonds is 5. The number of benzene rings is 1. The molecule has 0 radical (unpaired) electrons. The van der Waals surface area contributed by atoms with Gasteiger partial charge in [-0.25, -0.2) is 9.78 Å². The number of amides is 2. The van der Waals surface area contributed by atoms with Gasteiger partial charge in [0.1, 0.15) is 5.15 Å². The summed E-state index contributed by atoms with van der Waals surface area (Å²) in [7, 11) is 0. The van der Waals surface area contributed by atoms with Crippen LogP contribution < -0.4 is 10.6 Å². The number of carbonyl (C=O) groups is 1. The molecule has 0 bridgehead atoms. The predicted molar refractivity (Wildman–Crippen MR) is 80.9 cm³/mol. The summed E-state index contributed by atoms with van der Waals surface area (Å²) in [6.45, 7) is 0.170. The van der Waals surface area contributed by atoms with Crippen LogP contribution in [0.5, 0.6) is 0 Å². The van der Waals surface area contributed by atoms with Crippen molar-refractivity contribution < 1.29 is 9.90 Å². The highest BCUT2D eigenvalue weighted by molar-refractivity contribution is 6.29. The van der Waals surface area contributed by atoms with E-state index in [1.165, 1.54) is 0 Å². The molecule has 110 valence electrons. The lowest BCUT2D eigenvalue weighted by Gasteiger charge is -2.17. The van der Waals surface area contributed by atoms with E-state index in [0.717, 1.165) is 11.1 Å². The second kappa shape index (κ2) is 7.61. The summed E-state index contributed by atoms with van der Waals surface area (Å²) in [6, 6.07) is 12.0. The number of hydrogen-bond acceptors (Lipinski definition) is 3. The molecule has 2 aromatic rings. The van der Waals surface area contributed by atoms with Crippen molar-refractivity contribution in [2.45, 2.75) is 12.6 Å². The number of carbonyl (C=O) groups excluding carboxylic acids is 1. The summed E-state index contributed by atoms with van der Waals surface area (Å²) in [4.78, 5) is 15.8. The van der Waals surface area contributed by atoms with Crippen molar-refractivity contribution in [3.63, 3.8) is 0 Å². The first-order chi connectivity index (χ1) is 10.2. The van der Waals surface area contributed by atoms with Gasteiger partial charge in [-0.3, -0.25) is 0 Å². The molecule has 6 heteroatoms. The number of nitrogens with one attached hydrogen (secondary N) is 2. The second-order valence-corrected chi connectivity index (χ2v) is 4.85. The van der Waals surface area contributed by atoms with E-state index >= 15 is 0 Å². The molecular weight excluding hydrogens is 290 g/mol. The van der Waals surface area contributed by atoms with E-state index in [9.17, 15) is 9.90 Å². The zero-order valence-electron chi connectivity index (χ0n) is 11.3. The minimum absolute atomic E-state index is 0.167. The molecule has 1 aromatic heterocycles. The monoisotopic (exact) mass is 305 g/mol. The van der Waals surface area contributed by atoms with Gasteiger partial charge in [-0.15, -0.1) is 0 Å². The highest BCUT2D eigenvalue weighted by Crippen LogP contribution is 2.11. The number of nitrogens with zero attached hydrogens (tertiary/aromatic N) is 1. The summed E-state index contributed by atoms with van der Waals surface area (Å²) in [5, 5.41) is 15.2. The molecule has 0 fully saturated rings. The molecule has 1 heterocycles. The van der Waals surface area contributed by atoms with Gasteiger partial charge in [-0.05, 0) is 17.2 Å². The third-order valence-corrected chi connectivity index (χ3v) is 3.16. The van der Waals surface area contributed by atoms with Gasteiger partial charge in [-0.1, -0.05) is 48.0 Å². The number of urea groups is 1. The van der Waals surface area contributed by atoms with Crippen LogP contribution in [0, 0.1) is 0 Å². The van der Waals surface area contributed by atoms with Gasteiger partial charge in [0.2, 0.25) is 0 Å². The maximum absolute atomic E-state index is 11.8. The van der Waals surface area contributed by atoms with Crippen LogP contribution in [0.15, 0.2) is 48.7 Å². The van der Waals surface area contributed by atoms with Crippen LogP contribution in [-0.4, -0.2) is 22.7 Å². The standard InChI is InChI=1S/C15H16ClN3O2/c16-14-7-6-11(8-17-14)9-18-15(21)19-13(10-20)12-4-2-1-3-5-12/h1-8,13,20H,9-10H2,(H2,18,19,21). The van der Waals surface area contributed by atoms with Gasteiger partial charge in [0.25, 0.3) is 0 Å². The van der Waals surface area contributed by atoms with E-state index in [-0.39, 0.29) is 12.6 Å². The summed E-state index contributed by atoms with van der Waals surface area (Å²) in [5.41, 5.74) is 1.69. The van der Waals surface area contributed by atoms with Crippen molar-refractivity contribution in [1.82, 2.24) is 15.6 Å². The third-order valence-electron chi connectivity index (χ3n) is 2.93. The Kier molecular flexibility index (Phi) is 5.54. The van der Waals surface area contributed by atoms with Gasteiger partial charge in [-0.2, -0.15) is 0 Å². The lowest BCUT2D eigenvalue weighted by Crippen LogP contribution is -2.38. The smallest absolute Gasteiger partial charge is 0.315 e. The van der Waals surface area contributed by atoms with E-state index in [4.69, 9.17) is 11.6 Å². The van der Waals surface area contributed by atoms with Crippen LogP contribution in [0.1, 0.15) is 17.2 Å². The highest BCUT2D eigenvalue weighted by atomic mass is 35.5. The molecule has 0 aliphatic heterocycles. The minimum atomic E-state index is -0.436. The Bertz CT molecular complexity index is 575. The van der Waals surface area contributed by atoms with Crippen LogP contribution in [0.3, 0.4) is 0 Å². The fourth-order valence-corrected chi connectivity index (χ4v) is 1.93. The van der Waals surface area contributed by atoms with Crippen molar-refractivity contribution in [2.75, 3.05) is 6.61 Å². The lowest BCUT2D eigenvalue weighted by atomic mass is 10.1. The van der Waals surface area contributed by atoms with E-state index in [1.54, 1.807) is 18.3 Å². The first-order valence-electron chi connectivity index (χ1n) is 6.49. The highest BCUT2D eigenvalue weighted by Gasteiger charge is 2.12. The van der Waals surface area contributed by atoms with Crippen LogP contribution in [-0.2, 0) is 6.54 Å². The second-order valence-electron chi connectivity index (χ2n) is 4.46. The van der Waals surface area contributed by atoms with Gasteiger partial charge < -0.3 is 15.7 Å². The molecule has 21 heavy (non-hydrogen) atoms. The maximum atomic E-state index is 11.8. The number of hydrogen-bond donors (Lipinski definition) is 3. The summed E-state index contributed by atoms with van der Waals surface area (Å²) < 4.78 is 0. The Morgan fingerprint density at radius 3 is 2.62 bits per heavy atom. The van der Waals surface area contributed by atoms with Gasteiger partial charge in [0.15, 0.2) is 0 Å². The molecule has 3 N–H and O–H groups in total. The van der Waals surface area contributed by atoms with Crippen LogP contribution in [0.4, 0.5) is 4.79 Å². The molecule has 2 amide bonds. The first kappa shape index (κ1) is 15.3. The Balaban J connectivity index is 1.87. The Morgan fingerprint density at radius 2 is 2.00 bits per heavy atom. The predicted octanol–water partition coefficient (Wildman–Crippen LogP) is 2.27. The van der Waals surface area contributed by atoms with E-state index < -0.39 is 6.04 Å². The molecule has 2 rings (SSSR count). The zero-order chi connectivity index (χ0) is 15.1. The summed E-state index contributed by atoms with van der Waals surface area (Å²) in [5.74, 6) is 0. The van der Waals surface area contributed by atoms with Gasteiger partial charge >= 0.3 is 6.03 Å². The van der Waals surface area contributed by atoms with Gasteiger partial charge in [0, 0.05) is 12.7 Å². The molecular formula is C15H16ClN3O2. The lowest BCUT2D eigenvalue weighted by molar-refractivity contribution is 0.216. The molecule has 1 atom stereocenters. The number of aliphatic hydroxyl groups is 1. The Labute approximate surface area is 128 Å². The maximum Gasteiger partial charge on any atom is 0.315 e. The molecule has 1 unspecified atom stereocenters. The largest absolute Gasteiger partial charge is 0.394 e. The quantitative estimate of drug-likeness (QED) is 0.742. The summed E-state index contributed by atoms with van der Waals surface area (Å²) in [6.07, 6.45) is 1.60. The van der Waals surface area contributed by atoms with Crippen molar-refractivity contribution in [3.05, 3.63) is 64.9 Å². The molecule has 5 nitrogen and oxygen atoms in total. The van der Waals surface area contributed by atoms with Crippen LogP contribution in [0.25, 0.3) is 0 Å². The van der Waals surface area contributed by atoms with Crippen molar-refractivity contribution in [2.24, 2.45) is 0 Å². The fourth-order valence-electron chi connectivity index (χ4n) is 1.82. The first-order valence-corrected chi connectivity index (χ1v) is 6.87. The molecule has 0 aliphatic carbocycles. The van der Waals surface area contributed by atoms with Crippen LogP contribution >= 0.6 is 11.6 Å². The SMILES string of the molecule is O=C(NCc1ccc(Cl)nc1)NC(CO)c1ccccc1. The van der Waals surface area contributed by atoms with E-state index in [1.807, 2.05) is 30.3 Å². The average molecular weight is 306 g/mol. The Morgan fingerprint density at radius 1 is 1.24 bits per heavy atom. The van der Waals surface area contributed by atoms with Gasteiger partial charge in [0.05, 0.1) is 12.6 Å². The van der Waals surface area contributed by atoms with Crippen molar-refractivity contribution in [3.8, 4) is 0 Å². The normalized spacial score (nSPS) is 11.7. The molecule has 1 aromatic carbocycles. The average Bonchev–Trinajstić information content (AvgIpc) is 2.53. The summed E-state index contributed by atoms with van der Waals surface area (Å²) >= 11 is 5.69. The number of aromatic nitrogens is 1. The number of aliphatic hydroxyl groups excluding tert-OH is 1. The molecule has 0 saturated carbocycles. The Hall–Kier alpha value is -2.11. The van der Waals surface area contributed by atoms with E-state index in [2.05, 4.69) is 15.6 Å². The molecule has 0 aliphatic rings. The third kappa shape index (κ3) is 4.73. The van der Waals surface area contributed by atoms with Crippen molar-refractivity contribution >= 4 is 17.6 Å². The molecule has 0 saturated heterocycles. The minimum Gasteiger partial charge on any atom is -0.394 e. The van der Waals surface area contributed by atoms with Crippen LogP contribution in [0.2, 0.25) is 5.15 Å². The topological polar surface area (TPSA) is 74.2 Å².